The molecule has 0 heterocycles. The van der Waals surface area contributed by atoms with Gasteiger partial charge in [-0.25, -0.2) is 4.79 Å². The first-order chi connectivity index (χ1) is 12.6. The van der Waals surface area contributed by atoms with E-state index in [1.165, 1.54) is 5.56 Å². The first-order valence-electron chi connectivity index (χ1n) is 8.63. The second-order valence-corrected chi connectivity index (χ2v) is 6.07. The lowest BCUT2D eigenvalue weighted by Crippen LogP contribution is -2.20. The number of esters is 1. The number of benzene rings is 3. The lowest BCUT2D eigenvalue weighted by atomic mass is 10.1. The Morgan fingerprint density at radius 1 is 0.923 bits per heavy atom. The highest BCUT2D eigenvalue weighted by molar-refractivity contribution is 5.95. The van der Waals surface area contributed by atoms with Gasteiger partial charge in [-0.3, -0.25) is 0 Å². The lowest BCUT2D eigenvalue weighted by Gasteiger charge is -2.15. The molecule has 0 aromatic heterocycles. The molecular weight excluding hydrogens is 328 g/mol. The van der Waals surface area contributed by atoms with Gasteiger partial charge in [0, 0.05) is 0 Å². The molecule has 0 saturated heterocycles. The molecule has 0 aliphatic rings. The zero-order valence-corrected chi connectivity index (χ0v) is 15.0. The first kappa shape index (κ1) is 18.0. The second-order valence-electron chi connectivity index (χ2n) is 6.07. The number of rotatable bonds is 7. The molecular formula is C22H22O4. The molecule has 1 unspecified atom stereocenters. The lowest BCUT2D eigenvalue weighted by molar-refractivity contribution is -0.0783. The average molecular weight is 350 g/mol. The molecule has 3 aromatic carbocycles. The smallest absolute Gasteiger partial charge is 0.338 e. The van der Waals surface area contributed by atoms with Crippen LogP contribution in [0.2, 0.25) is 0 Å². The Labute approximate surface area is 153 Å². The van der Waals surface area contributed by atoms with Crippen LogP contribution in [0.1, 0.15) is 22.8 Å². The van der Waals surface area contributed by atoms with E-state index >= 15 is 0 Å². The van der Waals surface area contributed by atoms with E-state index < -0.39 is 6.29 Å². The zero-order chi connectivity index (χ0) is 18.4. The van der Waals surface area contributed by atoms with E-state index in [0.29, 0.717) is 5.56 Å². The summed E-state index contributed by atoms with van der Waals surface area (Å²) < 4.78 is 16.5. The summed E-state index contributed by atoms with van der Waals surface area (Å²) >= 11 is 0. The quantitative estimate of drug-likeness (QED) is 0.350. The van der Waals surface area contributed by atoms with Crippen LogP contribution >= 0.6 is 0 Å². The van der Waals surface area contributed by atoms with Crippen molar-refractivity contribution < 1.29 is 19.0 Å². The predicted octanol–water partition coefficient (Wildman–Crippen LogP) is 4.75. The van der Waals surface area contributed by atoms with Gasteiger partial charge in [-0.15, -0.1) is 0 Å². The van der Waals surface area contributed by atoms with Crippen LogP contribution in [-0.4, -0.2) is 25.5 Å². The molecule has 0 spiro atoms. The molecule has 134 valence electrons. The number of carbonyl (C=O) groups is 1. The number of hydrogen-bond acceptors (Lipinski definition) is 4. The third-order valence-electron chi connectivity index (χ3n) is 3.98. The Balaban J connectivity index is 1.43. The molecule has 0 amide bonds. The minimum atomic E-state index is -0.419. The maximum Gasteiger partial charge on any atom is 0.338 e. The Bertz CT molecular complexity index is 871. The molecule has 3 aromatic rings. The van der Waals surface area contributed by atoms with Crippen molar-refractivity contribution in [3.63, 3.8) is 0 Å². The largest absolute Gasteiger partial charge is 0.465 e. The Morgan fingerprint density at radius 2 is 1.65 bits per heavy atom. The molecule has 1 atom stereocenters. The summed E-state index contributed by atoms with van der Waals surface area (Å²) in [5.74, 6) is 0.391. The number of carbonyl (C=O) groups excluding carboxylic acids is 1. The Kier molecular flexibility index (Phi) is 5.87. The summed E-state index contributed by atoms with van der Waals surface area (Å²) in [5, 5.41) is 2.10. The van der Waals surface area contributed by atoms with E-state index in [0.717, 1.165) is 16.5 Å². The van der Waals surface area contributed by atoms with Gasteiger partial charge in [0.2, 0.25) is 0 Å². The molecule has 26 heavy (non-hydrogen) atoms. The van der Waals surface area contributed by atoms with Gasteiger partial charge in [-0.05, 0) is 48.9 Å². The number of hydrogen-bond donors (Lipinski definition) is 0. The topological polar surface area (TPSA) is 44.8 Å². The van der Waals surface area contributed by atoms with Crippen LogP contribution in [0.15, 0.2) is 66.7 Å². The summed E-state index contributed by atoms with van der Waals surface area (Å²) in [7, 11) is 0. The van der Waals surface area contributed by atoms with E-state index in [-0.39, 0.29) is 19.2 Å². The molecule has 3 rings (SSSR count). The van der Waals surface area contributed by atoms with Crippen LogP contribution in [0.3, 0.4) is 0 Å². The molecule has 0 fully saturated rings. The molecule has 0 bridgehead atoms. The average Bonchev–Trinajstić information content (AvgIpc) is 2.66. The molecule has 4 heteroatoms. The van der Waals surface area contributed by atoms with Crippen molar-refractivity contribution in [2.75, 3.05) is 13.2 Å². The maximum atomic E-state index is 12.1. The van der Waals surface area contributed by atoms with Crippen LogP contribution < -0.4 is 4.74 Å². The molecule has 0 aliphatic carbocycles. The molecule has 0 aliphatic heterocycles. The molecule has 0 radical (unpaired) electrons. The van der Waals surface area contributed by atoms with Gasteiger partial charge >= 0.3 is 5.97 Å². The summed E-state index contributed by atoms with van der Waals surface area (Å²) in [4.78, 5) is 12.1. The number of aryl methyl sites for hydroxylation is 1. The van der Waals surface area contributed by atoms with Gasteiger partial charge in [0.25, 0.3) is 0 Å². The van der Waals surface area contributed by atoms with Crippen LogP contribution in [0.5, 0.6) is 5.75 Å². The van der Waals surface area contributed by atoms with Crippen molar-refractivity contribution in [2.45, 2.75) is 20.1 Å². The molecule has 4 nitrogen and oxygen atoms in total. The monoisotopic (exact) mass is 350 g/mol. The minimum Gasteiger partial charge on any atom is -0.465 e. The van der Waals surface area contributed by atoms with E-state index in [1.54, 1.807) is 6.07 Å². The number of fused-ring (bicyclic) bond motifs is 1. The third kappa shape index (κ3) is 4.83. The van der Waals surface area contributed by atoms with E-state index in [4.69, 9.17) is 14.2 Å². The summed E-state index contributed by atoms with van der Waals surface area (Å²) in [6.45, 7) is 4.28. The maximum absolute atomic E-state index is 12.1. The highest BCUT2D eigenvalue weighted by Gasteiger charge is 2.09. The zero-order valence-electron chi connectivity index (χ0n) is 15.0. The predicted molar refractivity (Wildman–Crippen MR) is 101 cm³/mol. The Morgan fingerprint density at radius 3 is 2.42 bits per heavy atom. The van der Waals surface area contributed by atoms with Crippen molar-refractivity contribution in [1.29, 1.82) is 0 Å². The third-order valence-corrected chi connectivity index (χ3v) is 3.98. The molecule has 0 N–H and O–H groups in total. The fraction of sp³-hybridized carbons (Fsp3) is 0.227. The van der Waals surface area contributed by atoms with Crippen molar-refractivity contribution in [2.24, 2.45) is 0 Å². The summed E-state index contributed by atoms with van der Waals surface area (Å²) in [6.07, 6.45) is -0.419. The molecule has 0 saturated carbocycles. The minimum absolute atomic E-state index is 0.174. The summed E-state index contributed by atoms with van der Waals surface area (Å²) in [6, 6.07) is 21.2. The van der Waals surface area contributed by atoms with Gasteiger partial charge in [0.1, 0.15) is 12.4 Å². The van der Waals surface area contributed by atoms with Gasteiger partial charge in [-0.1, -0.05) is 48.0 Å². The highest BCUT2D eigenvalue weighted by atomic mass is 16.7. The summed E-state index contributed by atoms with van der Waals surface area (Å²) in [5.41, 5.74) is 1.71. The SMILES string of the molecule is Cc1ccc(OC(C)OCCOC(=O)c2ccc3ccccc3c2)cc1. The standard InChI is InChI=1S/C22H22O4/c1-16-7-11-21(12-8-16)26-17(2)24-13-14-25-22(23)20-10-9-18-5-3-4-6-19(18)15-20/h3-12,15,17H,13-14H2,1-2H3. The normalized spacial score (nSPS) is 11.9. The van der Waals surface area contributed by atoms with Crippen LogP contribution in [-0.2, 0) is 9.47 Å². The van der Waals surface area contributed by atoms with Crippen molar-refractivity contribution >= 4 is 16.7 Å². The van der Waals surface area contributed by atoms with E-state index in [2.05, 4.69) is 0 Å². The fourth-order valence-electron chi connectivity index (χ4n) is 2.59. The van der Waals surface area contributed by atoms with Gasteiger partial charge in [0.05, 0.1) is 12.2 Å². The first-order valence-corrected chi connectivity index (χ1v) is 8.63. The highest BCUT2D eigenvalue weighted by Crippen LogP contribution is 2.16. The van der Waals surface area contributed by atoms with Crippen LogP contribution in [0.4, 0.5) is 0 Å². The van der Waals surface area contributed by atoms with Crippen molar-refractivity contribution in [3.05, 3.63) is 77.9 Å². The second kappa shape index (κ2) is 8.50. The van der Waals surface area contributed by atoms with Gasteiger partial charge in [-0.2, -0.15) is 0 Å². The van der Waals surface area contributed by atoms with Gasteiger partial charge < -0.3 is 14.2 Å². The van der Waals surface area contributed by atoms with Crippen molar-refractivity contribution in [3.8, 4) is 5.75 Å². The van der Waals surface area contributed by atoms with Gasteiger partial charge in [0.15, 0.2) is 6.29 Å². The van der Waals surface area contributed by atoms with Crippen LogP contribution in [0, 0.1) is 6.92 Å². The van der Waals surface area contributed by atoms with Crippen LogP contribution in [0.25, 0.3) is 10.8 Å². The fourth-order valence-corrected chi connectivity index (χ4v) is 2.59. The Hall–Kier alpha value is -2.85. The van der Waals surface area contributed by atoms with E-state index in [9.17, 15) is 4.79 Å². The van der Waals surface area contributed by atoms with Crippen molar-refractivity contribution in [1.82, 2.24) is 0 Å². The number of ether oxygens (including phenoxy) is 3. The van der Waals surface area contributed by atoms with E-state index in [1.807, 2.05) is 74.5 Å².